The van der Waals surface area contributed by atoms with E-state index in [0.717, 1.165) is 32.1 Å². The van der Waals surface area contributed by atoms with E-state index in [1.807, 2.05) is 18.9 Å². The van der Waals surface area contributed by atoms with Gasteiger partial charge in [0.15, 0.2) is 11.9 Å². The fourth-order valence-corrected chi connectivity index (χ4v) is 4.91. The van der Waals surface area contributed by atoms with Gasteiger partial charge in [0, 0.05) is 51.9 Å². The van der Waals surface area contributed by atoms with Crippen LogP contribution in [-0.4, -0.2) is 101 Å². The second kappa shape index (κ2) is 16.3. The number of amides is 3. The molecule has 0 aliphatic carbocycles. The zero-order chi connectivity index (χ0) is 30.5. The summed E-state index contributed by atoms with van der Waals surface area (Å²) in [4.78, 5) is 47.6. The Bertz CT molecular complexity index is 1160. The molecule has 228 valence electrons. The number of hydrogen-bond acceptors (Lipinski definition) is 7. The number of hydrazine groups is 1. The minimum Gasteiger partial charge on any atom is -0.480 e. The van der Waals surface area contributed by atoms with Crippen LogP contribution in [0.25, 0.3) is 0 Å². The van der Waals surface area contributed by atoms with E-state index in [1.54, 1.807) is 34.1 Å². The highest BCUT2D eigenvalue weighted by atomic mass is 16.6. The molecule has 1 aromatic rings. The van der Waals surface area contributed by atoms with Crippen LogP contribution >= 0.6 is 0 Å². The van der Waals surface area contributed by atoms with E-state index in [-0.39, 0.29) is 30.5 Å². The van der Waals surface area contributed by atoms with E-state index < -0.39 is 18.1 Å². The molecule has 0 radical (unpaired) electrons. The second-order valence-electron chi connectivity index (χ2n) is 10.2. The first-order chi connectivity index (χ1) is 20.3. The predicted octanol–water partition coefficient (Wildman–Crippen LogP) is 2.86. The maximum Gasteiger partial charge on any atom is 0.415 e. The summed E-state index contributed by atoms with van der Waals surface area (Å²) in [5, 5.41) is 12.0. The summed E-state index contributed by atoms with van der Waals surface area (Å²) in [6.45, 7) is 7.54. The zero-order valence-electron chi connectivity index (χ0n) is 24.6. The summed E-state index contributed by atoms with van der Waals surface area (Å²) in [5.74, 6) is 1.88. The van der Waals surface area contributed by atoms with Crippen LogP contribution in [0.1, 0.15) is 51.5 Å². The average molecular weight is 582 g/mol. The Morgan fingerprint density at radius 3 is 2.21 bits per heavy atom. The number of rotatable bonds is 11. The van der Waals surface area contributed by atoms with Crippen LogP contribution in [0.15, 0.2) is 41.2 Å². The normalized spacial score (nSPS) is 16.6. The fourth-order valence-electron chi connectivity index (χ4n) is 4.91. The van der Waals surface area contributed by atoms with Gasteiger partial charge < -0.3 is 30.8 Å². The molecule has 2 fully saturated rings. The Morgan fingerprint density at radius 2 is 1.67 bits per heavy atom. The molecule has 42 heavy (non-hydrogen) atoms. The molecule has 2 aliphatic rings. The number of hydrogen-bond donors (Lipinski definition) is 3. The van der Waals surface area contributed by atoms with E-state index in [9.17, 15) is 19.5 Å². The van der Waals surface area contributed by atoms with Gasteiger partial charge in [-0.2, -0.15) is 0 Å². The lowest BCUT2D eigenvalue weighted by atomic mass is 10.1. The number of carboxylic acid groups (broad SMARTS) is 1. The third-order valence-electron chi connectivity index (χ3n) is 7.32. The molecule has 0 bridgehead atoms. The number of carboxylic acids is 1. The molecule has 2 heterocycles. The van der Waals surface area contributed by atoms with Crippen molar-refractivity contribution in [1.29, 1.82) is 0 Å². The summed E-state index contributed by atoms with van der Waals surface area (Å²) in [7, 11) is 0. The molecular weight excluding hydrogens is 538 g/mol. The summed E-state index contributed by atoms with van der Waals surface area (Å²) >= 11 is 0. The molecular formula is C30H43N7O5. The summed E-state index contributed by atoms with van der Waals surface area (Å²) in [6.07, 6.45) is 11.3. The van der Waals surface area contributed by atoms with Gasteiger partial charge in [0.05, 0.1) is 6.54 Å². The molecule has 0 spiro atoms. The first-order valence-corrected chi connectivity index (χ1v) is 14.6. The topological polar surface area (TPSA) is 144 Å². The maximum absolute atomic E-state index is 13.5. The van der Waals surface area contributed by atoms with Crippen LogP contribution in [0, 0.1) is 12.3 Å². The lowest BCUT2D eigenvalue weighted by molar-refractivity contribution is -0.138. The van der Waals surface area contributed by atoms with Gasteiger partial charge in [0.1, 0.15) is 11.4 Å². The quantitative estimate of drug-likeness (QED) is 0.157. The number of aliphatic imine (C=N–C) groups is 1. The maximum atomic E-state index is 13.5. The van der Waals surface area contributed by atoms with Crippen molar-refractivity contribution in [2.75, 3.05) is 45.8 Å². The number of carbonyl (C=O) groups is 3. The number of likely N-dealkylation sites (tertiary alicyclic amines) is 2. The standard InChI is InChI=1S/C30H43N7O5/c1-4-16-37(29(40)34-17-8-7-9-18-34)26(22-31)27(33-36(5-2)6-3)32-25(28(38)39)21-23-12-14-24(15-13-23)42-30(41)35-19-10-11-20-35/h1,12-15,22,25H,5-11,16-21,31H2,2-3H3,(H,32,33)(H,38,39). The first kappa shape index (κ1) is 32.3. The number of carbonyl (C=O) groups excluding carboxylic acids is 2. The Kier molecular flexibility index (Phi) is 12.5. The van der Waals surface area contributed by atoms with E-state index >= 15 is 0 Å². The first-order valence-electron chi connectivity index (χ1n) is 14.6. The van der Waals surface area contributed by atoms with E-state index in [1.165, 1.54) is 11.1 Å². The zero-order valence-corrected chi connectivity index (χ0v) is 24.6. The van der Waals surface area contributed by atoms with Crippen molar-refractivity contribution in [2.45, 2.75) is 58.4 Å². The van der Waals surface area contributed by atoms with Crippen LogP contribution < -0.4 is 15.9 Å². The van der Waals surface area contributed by atoms with Gasteiger partial charge in [-0.05, 0) is 49.8 Å². The third-order valence-corrected chi connectivity index (χ3v) is 7.32. The number of nitrogens with two attached hydrogens (primary N) is 1. The van der Waals surface area contributed by atoms with Gasteiger partial charge in [0.25, 0.3) is 0 Å². The number of amidine groups is 1. The minimum absolute atomic E-state index is 0.0478. The van der Waals surface area contributed by atoms with Crippen molar-refractivity contribution >= 4 is 23.9 Å². The van der Waals surface area contributed by atoms with Gasteiger partial charge in [-0.15, -0.1) is 6.42 Å². The number of nitrogens with zero attached hydrogens (tertiary/aromatic N) is 5. The van der Waals surface area contributed by atoms with E-state index in [0.29, 0.717) is 50.6 Å². The van der Waals surface area contributed by atoms with Crippen molar-refractivity contribution in [3.8, 4) is 18.1 Å². The Hall–Kier alpha value is -4.24. The van der Waals surface area contributed by atoms with Crippen LogP contribution in [0.4, 0.5) is 9.59 Å². The molecule has 2 aliphatic heterocycles. The number of piperidine rings is 1. The highest BCUT2D eigenvalue weighted by Gasteiger charge is 2.29. The number of aliphatic carboxylic acids is 1. The van der Waals surface area contributed by atoms with Crippen molar-refractivity contribution < 1.29 is 24.2 Å². The summed E-state index contributed by atoms with van der Waals surface area (Å²) in [5.41, 5.74) is 10.1. The number of terminal acetylenes is 1. The van der Waals surface area contributed by atoms with Crippen molar-refractivity contribution in [3.05, 3.63) is 41.7 Å². The number of ether oxygens (including phenoxy) is 1. The highest BCUT2D eigenvalue weighted by molar-refractivity contribution is 6.02. The third kappa shape index (κ3) is 8.88. The Balaban J connectivity index is 1.87. The Labute approximate surface area is 248 Å². The van der Waals surface area contributed by atoms with Crippen molar-refractivity contribution in [1.82, 2.24) is 25.1 Å². The molecule has 1 atom stereocenters. The molecule has 4 N–H and O–H groups in total. The van der Waals surface area contributed by atoms with Gasteiger partial charge in [0.2, 0.25) is 0 Å². The summed E-state index contributed by atoms with van der Waals surface area (Å²) < 4.78 is 5.46. The second-order valence-corrected chi connectivity index (χ2v) is 10.2. The summed E-state index contributed by atoms with van der Waals surface area (Å²) in [6, 6.07) is 5.17. The molecule has 1 aromatic carbocycles. The minimum atomic E-state index is -1.21. The van der Waals surface area contributed by atoms with Gasteiger partial charge >= 0.3 is 18.1 Å². The smallest absolute Gasteiger partial charge is 0.415 e. The van der Waals surface area contributed by atoms with Gasteiger partial charge in [-0.3, -0.25) is 4.90 Å². The molecule has 3 rings (SSSR count). The fraction of sp³-hybridized carbons (Fsp3) is 0.533. The lowest BCUT2D eigenvalue weighted by Crippen LogP contribution is -2.51. The van der Waals surface area contributed by atoms with E-state index in [4.69, 9.17) is 16.9 Å². The number of urea groups is 1. The molecule has 1 unspecified atom stereocenters. The van der Waals surface area contributed by atoms with Crippen LogP contribution in [0.2, 0.25) is 0 Å². The molecule has 2 saturated heterocycles. The van der Waals surface area contributed by atoms with Crippen LogP contribution in [-0.2, 0) is 11.2 Å². The van der Waals surface area contributed by atoms with Crippen molar-refractivity contribution in [2.24, 2.45) is 10.7 Å². The largest absolute Gasteiger partial charge is 0.480 e. The number of nitrogens with one attached hydrogen (secondary N) is 1. The molecule has 0 saturated carbocycles. The Morgan fingerprint density at radius 1 is 1.07 bits per heavy atom. The molecule has 12 nitrogen and oxygen atoms in total. The highest BCUT2D eigenvalue weighted by Crippen LogP contribution is 2.19. The van der Waals surface area contributed by atoms with Gasteiger partial charge in [-0.1, -0.05) is 31.9 Å². The molecule has 12 heteroatoms. The van der Waals surface area contributed by atoms with E-state index in [2.05, 4.69) is 16.3 Å². The monoisotopic (exact) mass is 581 g/mol. The molecule has 0 aromatic heterocycles. The van der Waals surface area contributed by atoms with Crippen LogP contribution in [0.3, 0.4) is 0 Å². The van der Waals surface area contributed by atoms with Crippen molar-refractivity contribution in [3.63, 3.8) is 0 Å². The number of benzene rings is 1. The molecule has 3 amide bonds. The van der Waals surface area contributed by atoms with Gasteiger partial charge in [-0.25, -0.2) is 24.4 Å². The lowest BCUT2D eigenvalue weighted by Gasteiger charge is -2.34. The predicted molar refractivity (Wildman–Crippen MR) is 161 cm³/mol. The SMILES string of the molecule is C#CCN(C(=O)N1CCCCC1)C(=CN)C(=NC(Cc1ccc(OC(=O)N2CCCC2)cc1)C(=O)O)NN(CC)CC. The average Bonchev–Trinajstić information content (AvgIpc) is 3.55. The van der Waals surface area contributed by atoms with Crippen LogP contribution in [0.5, 0.6) is 5.75 Å².